The number of amides is 1. The molecule has 1 atom stereocenters. The maximum absolute atomic E-state index is 12.9. The molecule has 3 heterocycles. The summed E-state index contributed by atoms with van der Waals surface area (Å²) in [5.41, 5.74) is 2.20. The Balaban J connectivity index is 1.50. The van der Waals surface area contributed by atoms with E-state index in [0.717, 1.165) is 12.1 Å². The topological polar surface area (TPSA) is 71.0 Å². The number of hydrogen-bond acceptors (Lipinski definition) is 6. The molecular formula is C18H16ClN5OS. The van der Waals surface area contributed by atoms with Crippen LogP contribution < -0.4 is 5.32 Å². The van der Waals surface area contributed by atoms with Gasteiger partial charge in [0, 0.05) is 42.4 Å². The van der Waals surface area contributed by atoms with Crippen LogP contribution in [0.25, 0.3) is 10.7 Å². The highest BCUT2D eigenvalue weighted by Gasteiger charge is 2.26. The van der Waals surface area contributed by atoms with Crippen LogP contribution in [-0.4, -0.2) is 45.4 Å². The van der Waals surface area contributed by atoms with Gasteiger partial charge >= 0.3 is 0 Å². The Kier molecular flexibility index (Phi) is 4.92. The third kappa shape index (κ3) is 3.60. The fraction of sp³-hybridized carbons (Fsp3) is 0.222. The van der Waals surface area contributed by atoms with E-state index in [4.69, 9.17) is 11.6 Å². The number of rotatable bonds is 3. The molecule has 1 aliphatic rings. The van der Waals surface area contributed by atoms with Crippen LogP contribution in [0.15, 0.2) is 48.2 Å². The Morgan fingerprint density at radius 1 is 1.35 bits per heavy atom. The Morgan fingerprint density at radius 2 is 2.27 bits per heavy atom. The van der Waals surface area contributed by atoms with Crippen LogP contribution in [0.5, 0.6) is 0 Å². The van der Waals surface area contributed by atoms with Gasteiger partial charge in [-0.15, -0.1) is 11.3 Å². The van der Waals surface area contributed by atoms with Gasteiger partial charge in [0.05, 0.1) is 12.2 Å². The molecule has 0 bridgehead atoms. The summed E-state index contributed by atoms with van der Waals surface area (Å²) >= 11 is 7.49. The first-order chi connectivity index (χ1) is 12.7. The number of piperazine rings is 1. The van der Waals surface area contributed by atoms with Gasteiger partial charge in [0.1, 0.15) is 16.4 Å². The first-order valence-electron chi connectivity index (χ1n) is 8.21. The van der Waals surface area contributed by atoms with E-state index in [1.54, 1.807) is 24.0 Å². The monoisotopic (exact) mass is 385 g/mol. The zero-order valence-corrected chi connectivity index (χ0v) is 15.4. The van der Waals surface area contributed by atoms with Crippen LogP contribution in [0.3, 0.4) is 0 Å². The van der Waals surface area contributed by atoms with E-state index in [0.29, 0.717) is 34.5 Å². The highest BCUT2D eigenvalue weighted by molar-refractivity contribution is 7.13. The predicted molar refractivity (Wildman–Crippen MR) is 101 cm³/mol. The molecule has 3 aromatic rings. The third-order valence-corrected chi connectivity index (χ3v) is 5.32. The number of halogens is 1. The molecule has 6 nitrogen and oxygen atoms in total. The van der Waals surface area contributed by atoms with E-state index in [2.05, 4.69) is 20.3 Å². The van der Waals surface area contributed by atoms with E-state index in [9.17, 15) is 4.79 Å². The molecule has 1 saturated heterocycles. The molecule has 1 unspecified atom stereocenters. The molecule has 0 saturated carbocycles. The Morgan fingerprint density at radius 3 is 3.08 bits per heavy atom. The molecule has 2 aromatic heterocycles. The van der Waals surface area contributed by atoms with Gasteiger partial charge in [0.2, 0.25) is 0 Å². The Bertz CT molecular complexity index is 917. The second kappa shape index (κ2) is 7.49. The van der Waals surface area contributed by atoms with Crippen molar-refractivity contribution in [3.05, 3.63) is 64.5 Å². The number of carbonyl (C=O) groups excluding carboxylic acids is 1. The third-order valence-electron chi connectivity index (χ3n) is 4.22. The number of carbonyl (C=O) groups is 1. The van der Waals surface area contributed by atoms with Crippen molar-refractivity contribution in [3.8, 4) is 10.7 Å². The molecule has 1 fully saturated rings. The number of nitrogens with one attached hydrogen (secondary N) is 1. The van der Waals surface area contributed by atoms with Gasteiger partial charge in [-0.3, -0.25) is 14.8 Å². The molecule has 8 heteroatoms. The summed E-state index contributed by atoms with van der Waals surface area (Å²) in [5.74, 6) is -0.0649. The van der Waals surface area contributed by atoms with E-state index in [-0.39, 0.29) is 11.9 Å². The van der Waals surface area contributed by atoms with Gasteiger partial charge in [0.15, 0.2) is 0 Å². The summed E-state index contributed by atoms with van der Waals surface area (Å²) in [7, 11) is 0. The quantitative estimate of drug-likeness (QED) is 0.750. The van der Waals surface area contributed by atoms with Crippen LogP contribution >= 0.6 is 22.9 Å². The molecule has 1 aliphatic heterocycles. The van der Waals surface area contributed by atoms with Crippen LogP contribution in [-0.2, 0) is 0 Å². The zero-order chi connectivity index (χ0) is 17.9. The number of benzene rings is 1. The van der Waals surface area contributed by atoms with Crippen molar-refractivity contribution in [3.63, 3.8) is 0 Å². The fourth-order valence-electron chi connectivity index (χ4n) is 2.94. The SMILES string of the molecule is O=C(c1csc(-c2cnccn2)n1)N1CCNC(c2cccc(Cl)c2)C1. The molecule has 0 aliphatic carbocycles. The minimum absolute atomic E-state index is 0.0597. The lowest BCUT2D eigenvalue weighted by atomic mass is 10.0. The normalized spacial score (nSPS) is 17.3. The lowest BCUT2D eigenvalue weighted by Gasteiger charge is -2.33. The van der Waals surface area contributed by atoms with Crippen LogP contribution in [0.1, 0.15) is 22.1 Å². The van der Waals surface area contributed by atoms with Gasteiger partial charge in [-0.1, -0.05) is 23.7 Å². The summed E-state index contributed by atoms with van der Waals surface area (Å²) in [6.07, 6.45) is 4.87. The van der Waals surface area contributed by atoms with Gasteiger partial charge in [-0.05, 0) is 17.7 Å². The summed E-state index contributed by atoms with van der Waals surface area (Å²) < 4.78 is 0. The molecule has 1 aromatic carbocycles. The predicted octanol–water partition coefficient (Wildman–Crippen LogP) is 3.04. The number of thiazole rings is 1. The summed E-state index contributed by atoms with van der Waals surface area (Å²) in [6.45, 7) is 1.95. The molecule has 26 heavy (non-hydrogen) atoms. The largest absolute Gasteiger partial charge is 0.334 e. The molecule has 0 spiro atoms. The highest BCUT2D eigenvalue weighted by atomic mass is 35.5. The van der Waals surface area contributed by atoms with Crippen LogP contribution in [0, 0.1) is 0 Å². The number of nitrogens with zero attached hydrogens (tertiary/aromatic N) is 4. The van der Waals surface area contributed by atoms with Crippen molar-refractivity contribution in [2.45, 2.75) is 6.04 Å². The second-order valence-electron chi connectivity index (χ2n) is 5.94. The van der Waals surface area contributed by atoms with Crippen molar-refractivity contribution < 1.29 is 4.79 Å². The highest BCUT2D eigenvalue weighted by Crippen LogP contribution is 2.24. The Hall–Kier alpha value is -2.35. The standard InChI is InChI=1S/C18H16ClN5OS/c19-13-3-1-2-12(8-13)15-10-24(7-6-22-15)18(25)16-11-26-17(23-16)14-9-20-4-5-21-14/h1-5,8-9,11,15,22H,6-7,10H2. The maximum Gasteiger partial charge on any atom is 0.273 e. The van der Waals surface area contributed by atoms with E-state index < -0.39 is 0 Å². The van der Waals surface area contributed by atoms with Gasteiger partial charge < -0.3 is 10.2 Å². The first kappa shape index (κ1) is 17.1. The van der Waals surface area contributed by atoms with Crippen molar-refractivity contribution in [1.82, 2.24) is 25.2 Å². The van der Waals surface area contributed by atoms with E-state index >= 15 is 0 Å². The summed E-state index contributed by atoms with van der Waals surface area (Å²) in [5, 5.41) is 6.61. The average Bonchev–Trinajstić information content (AvgIpc) is 3.18. The second-order valence-corrected chi connectivity index (χ2v) is 7.24. The smallest absolute Gasteiger partial charge is 0.273 e. The fourth-order valence-corrected chi connectivity index (χ4v) is 3.89. The molecule has 0 radical (unpaired) electrons. The molecule has 1 amide bonds. The summed E-state index contributed by atoms with van der Waals surface area (Å²) in [4.78, 5) is 27.4. The zero-order valence-electron chi connectivity index (χ0n) is 13.8. The molecular weight excluding hydrogens is 370 g/mol. The number of aromatic nitrogens is 3. The van der Waals surface area contributed by atoms with E-state index in [1.165, 1.54) is 11.3 Å². The van der Waals surface area contributed by atoms with Crippen molar-refractivity contribution >= 4 is 28.8 Å². The Labute approximate surface area is 159 Å². The van der Waals surface area contributed by atoms with Crippen molar-refractivity contribution in [2.24, 2.45) is 0 Å². The van der Waals surface area contributed by atoms with Gasteiger partial charge in [-0.25, -0.2) is 4.98 Å². The minimum Gasteiger partial charge on any atom is -0.334 e. The first-order valence-corrected chi connectivity index (χ1v) is 9.46. The van der Waals surface area contributed by atoms with Crippen molar-refractivity contribution in [2.75, 3.05) is 19.6 Å². The van der Waals surface area contributed by atoms with E-state index in [1.807, 2.05) is 29.2 Å². The average molecular weight is 386 g/mol. The molecule has 132 valence electrons. The number of hydrogen-bond donors (Lipinski definition) is 1. The molecule has 4 rings (SSSR count). The maximum atomic E-state index is 12.9. The van der Waals surface area contributed by atoms with Gasteiger partial charge in [-0.2, -0.15) is 0 Å². The van der Waals surface area contributed by atoms with Crippen molar-refractivity contribution in [1.29, 1.82) is 0 Å². The summed E-state index contributed by atoms with van der Waals surface area (Å²) in [6, 6.07) is 7.78. The van der Waals surface area contributed by atoms with Gasteiger partial charge in [0.25, 0.3) is 5.91 Å². The molecule has 1 N–H and O–H groups in total. The lowest BCUT2D eigenvalue weighted by molar-refractivity contribution is 0.0698. The minimum atomic E-state index is -0.0649. The van der Waals surface area contributed by atoms with Crippen LogP contribution in [0.2, 0.25) is 5.02 Å². The van der Waals surface area contributed by atoms with Crippen LogP contribution in [0.4, 0.5) is 0 Å². The lowest BCUT2D eigenvalue weighted by Crippen LogP contribution is -2.48.